The number of hydrogen-bond donors (Lipinski definition) is 1. The maximum atomic E-state index is 10.1. The van der Waals surface area contributed by atoms with Crippen LogP contribution in [0.5, 0.6) is 0 Å². The summed E-state index contributed by atoms with van der Waals surface area (Å²) in [7, 11) is 0. The first-order valence-electron chi connectivity index (χ1n) is 4.27. The Labute approximate surface area is 82.4 Å². The molecule has 0 aliphatic carbocycles. The largest absolute Gasteiger partial charge is 0.384 e. The summed E-state index contributed by atoms with van der Waals surface area (Å²) >= 11 is 1.54. The van der Waals surface area contributed by atoms with Gasteiger partial charge in [0, 0.05) is 0 Å². The van der Waals surface area contributed by atoms with E-state index in [1.54, 1.807) is 6.92 Å². The molecule has 1 heterocycles. The number of nitrogens with zero attached hydrogens (tertiary/aromatic N) is 1. The summed E-state index contributed by atoms with van der Waals surface area (Å²) in [6.07, 6.45) is 0.666. The van der Waals surface area contributed by atoms with Gasteiger partial charge < -0.3 is 5.11 Å². The summed E-state index contributed by atoms with van der Waals surface area (Å²) in [4.78, 5) is 0. The minimum absolute atomic E-state index is 0.331. The Morgan fingerprint density at radius 1 is 1.77 bits per heavy atom. The number of rotatable bonds is 3. The highest BCUT2D eigenvalue weighted by Crippen LogP contribution is 2.32. The number of aliphatic hydroxyl groups is 1. The SMILES string of the molecule is CCC(C#N)C(C)(O)c1ccsc1. The van der Waals surface area contributed by atoms with Crippen LogP contribution in [-0.4, -0.2) is 5.11 Å². The van der Waals surface area contributed by atoms with Gasteiger partial charge in [0.2, 0.25) is 0 Å². The third kappa shape index (κ3) is 1.90. The van der Waals surface area contributed by atoms with Crippen LogP contribution >= 0.6 is 11.3 Å². The summed E-state index contributed by atoms with van der Waals surface area (Å²) in [5.74, 6) is -0.331. The van der Waals surface area contributed by atoms with E-state index < -0.39 is 5.60 Å². The van der Waals surface area contributed by atoms with Gasteiger partial charge in [0.25, 0.3) is 0 Å². The molecule has 3 heteroatoms. The predicted octanol–water partition coefficient (Wildman–Crippen LogP) is 2.51. The lowest BCUT2D eigenvalue weighted by Crippen LogP contribution is -2.29. The van der Waals surface area contributed by atoms with E-state index in [1.165, 1.54) is 11.3 Å². The van der Waals surface area contributed by atoms with Crippen LogP contribution in [0.25, 0.3) is 0 Å². The van der Waals surface area contributed by atoms with Crippen molar-refractivity contribution in [2.45, 2.75) is 25.9 Å². The second kappa shape index (κ2) is 3.91. The van der Waals surface area contributed by atoms with Crippen LogP contribution in [0.2, 0.25) is 0 Å². The van der Waals surface area contributed by atoms with Gasteiger partial charge in [-0.05, 0) is 35.7 Å². The van der Waals surface area contributed by atoms with Crippen molar-refractivity contribution in [3.8, 4) is 6.07 Å². The second-order valence-corrected chi connectivity index (χ2v) is 4.03. The molecule has 0 saturated carbocycles. The number of nitriles is 1. The number of thiophene rings is 1. The second-order valence-electron chi connectivity index (χ2n) is 3.25. The molecule has 0 fully saturated rings. The summed E-state index contributed by atoms with van der Waals surface area (Å²) in [5.41, 5.74) is -0.172. The van der Waals surface area contributed by atoms with Crippen molar-refractivity contribution in [3.63, 3.8) is 0 Å². The molecule has 0 spiro atoms. The van der Waals surface area contributed by atoms with E-state index in [-0.39, 0.29) is 5.92 Å². The normalized spacial score (nSPS) is 17.4. The zero-order chi connectivity index (χ0) is 9.90. The van der Waals surface area contributed by atoms with Gasteiger partial charge in [0.1, 0.15) is 5.60 Å². The summed E-state index contributed by atoms with van der Waals surface area (Å²) in [6.45, 7) is 3.61. The highest BCUT2D eigenvalue weighted by Gasteiger charge is 2.32. The lowest BCUT2D eigenvalue weighted by Gasteiger charge is -2.26. The van der Waals surface area contributed by atoms with Crippen LogP contribution in [0.15, 0.2) is 16.8 Å². The average Bonchev–Trinajstić information content (AvgIpc) is 2.58. The quantitative estimate of drug-likeness (QED) is 0.805. The van der Waals surface area contributed by atoms with Crippen molar-refractivity contribution in [1.29, 1.82) is 5.26 Å². The van der Waals surface area contributed by atoms with Gasteiger partial charge in [-0.1, -0.05) is 6.92 Å². The van der Waals surface area contributed by atoms with Crippen LogP contribution in [-0.2, 0) is 5.60 Å². The first-order chi connectivity index (χ1) is 6.12. The standard InChI is InChI=1S/C10H13NOS/c1-3-8(6-11)10(2,12)9-4-5-13-7-9/h4-5,7-8,12H,3H2,1-2H3. The highest BCUT2D eigenvalue weighted by molar-refractivity contribution is 7.08. The van der Waals surface area contributed by atoms with E-state index in [0.717, 1.165) is 5.56 Å². The Morgan fingerprint density at radius 2 is 2.46 bits per heavy atom. The van der Waals surface area contributed by atoms with Gasteiger partial charge in [0.05, 0.1) is 12.0 Å². The molecule has 2 nitrogen and oxygen atoms in total. The lowest BCUT2D eigenvalue weighted by atomic mass is 9.84. The summed E-state index contributed by atoms with van der Waals surface area (Å²) in [5, 5.41) is 22.8. The van der Waals surface area contributed by atoms with Crippen molar-refractivity contribution in [2.75, 3.05) is 0 Å². The van der Waals surface area contributed by atoms with Crippen LogP contribution in [0.4, 0.5) is 0 Å². The van der Waals surface area contributed by atoms with Crippen molar-refractivity contribution < 1.29 is 5.11 Å². The van der Waals surface area contributed by atoms with Gasteiger partial charge in [-0.25, -0.2) is 0 Å². The molecule has 0 aliphatic rings. The molecular weight excluding hydrogens is 182 g/mol. The third-order valence-electron chi connectivity index (χ3n) is 2.35. The van der Waals surface area contributed by atoms with Crippen molar-refractivity contribution in [1.82, 2.24) is 0 Å². The van der Waals surface area contributed by atoms with Crippen LogP contribution in [0.3, 0.4) is 0 Å². The van der Waals surface area contributed by atoms with Crippen LogP contribution < -0.4 is 0 Å². The molecule has 1 N–H and O–H groups in total. The molecule has 0 amide bonds. The Bertz CT molecular complexity index is 297. The van der Waals surface area contributed by atoms with Crippen LogP contribution in [0, 0.1) is 17.2 Å². The topological polar surface area (TPSA) is 44.0 Å². The third-order valence-corrected chi connectivity index (χ3v) is 3.03. The molecule has 0 bridgehead atoms. The van der Waals surface area contributed by atoms with E-state index >= 15 is 0 Å². The van der Waals surface area contributed by atoms with Crippen molar-refractivity contribution in [2.24, 2.45) is 5.92 Å². The Hall–Kier alpha value is -0.850. The predicted molar refractivity (Wildman–Crippen MR) is 53.3 cm³/mol. The molecule has 0 aromatic carbocycles. The summed E-state index contributed by atoms with van der Waals surface area (Å²) in [6, 6.07) is 4.00. The minimum atomic E-state index is -1.01. The van der Waals surface area contributed by atoms with E-state index in [0.29, 0.717) is 6.42 Å². The first kappa shape index (κ1) is 10.2. The Balaban J connectivity index is 2.95. The van der Waals surface area contributed by atoms with E-state index in [1.807, 2.05) is 23.8 Å². The summed E-state index contributed by atoms with van der Waals surface area (Å²) < 4.78 is 0. The average molecular weight is 195 g/mol. The Kier molecular flexibility index (Phi) is 3.07. The zero-order valence-corrected chi connectivity index (χ0v) is 8.64. The van der Waals surface area contributed by atoms with Gasteiger partial charge in [-0.3, -0.25) is 0 Å². The maximum Gasteiger partial charge on any atom is 0.103 e. The highest BCUT2D eigenvalue weighted by atomic mass is 32.1. The molecule has 0 radical (unpaired) electrons. The number of hydrogen-bond acceptors (Lipinski definition) is 3. The minimum Gasteiger partial charge on any atom is -0.384 e. The monoisotopic (exact) mass is 195 g/mol. The van der Waals surface area contributed by atoms with E-state index in [9.17, 15) is 5.11 Å². The molecule has 2 atom stereocenters. The molecule has 0 aliphatic heterocycles. The van der Waals surface area contributed by atoms with Gasteiger partial charge in [0.15, 0.2) is 0 Å². The lowest BCUT2D eigenvalue weighted by molar-refractivity contribution is 0.0155. The molecular formula is C10H13NOS. The first-order valence-corrected chi connectivity index (χ1v) is 5.21. The fraction of sp³-hybridized carbons (Fsp3) is 0.500. The van der Waals surface area contributed by atoms with E-state index in [4.69, 9.17) is 5.26 Å². The van der Waals surface area contributed by atoms with Gasteiger partial charge >= 0.3 is 0 Å². The van der Waals surface area contributed by atoms with Crippen LogP contribution in [0.1, 0.15) is 25.8 Å². The molecule has 1 rings (SSSR count). The molecule has 1 aromatic heterocycles. The fourth-order valence-corrected chi connectivity index (χ4v) is 2.14. The van der Waals surface area contributed by atoms with Gasteiger partial charge in [-0.15, -0.1) is 0 Å². The molecule has 2 unspecified atom stereocenters. The maximum absolute atomic E-state index is 10.1. The van der Waals surface area contributed by atoms with Gasteiger partial charge in [-0.2, -0.15) is 16.6 Å². The fourth-order valence-electron chi connectivity index (χ4n) is 1.37. The molecule has 13 heavy (non-hydrogen) atoms. The molecule has 70 valence electrons. The van der Waals surface area contributed by atoms with Crippen molar-refractivity contribution >= 4 is 11.3 Å². The Morgan fingerprint density at radius 3 is 2.85 bits per heavy atom. The molecule has 0 saturated heterocycles. The zero-order valence-electron chi connectivity index (χ0n) is 7.82. The van der Waals surface area contributed by atoms with E-state index in [2.05, 4.69) is 6.07 Å². The molecule has 1 aromatic rings. The smallest absolute Gasteiger partial charge is 0.103 e. The van der Waals surface area contributed by atoms with Crippen molar-refractivity contribution in [3.05, 3.63) is 22.4 Å².